The minimum Gasteiger partial charge on any atom is -0.462 e. The summed E-state index contributed by atoms with van der Waals surface area (Å²) in [6, 6.07) is 13.6. The van der Waals surface area contributed by atoms with E-state index in [2.05, 4.69) is 0 Å². The third-order valence-corrected chi connectivity index (χ3v) is 4.05. The quantitative estimate of drug-likeness (QED) is 0.555. The predicted octanol–water partition coefficient (Wildman–Crippen LogP) is 3.28. The molecule has 0 aliphatic rings. The van der Waals surface area contributed by atoms with Crippen LogP contribution in [-0.4, -0.2) is 25.2 Å². The highest BCUT2D eigenvalue weighted by atomic mass is 16.5. The Balaban J connectivity index is 1.67. The van der Waals surface area contributed by atoms with Crippen LogP contribution in [0.4, 0.5) is 11.4 Å². The van der Waals surface area contributed by atoms with Crippen molar-refractivity contribution in [2.45, 2.75) is 19.8 Å². The monoisotopic (exact) mass is 356 g/mol. The molecule has 0 saturated heterocycles. The second-order valence-electron chi connectivity index (χ2n) is 6.13. The maximum Gasteiger partial charge on any atom is 0.340 e. The molecule has 4 N–H and O–H groups in total. The lowest BCUT2D eigenvalue weighted by Gasteiger charge is -2.13. The summed E-state index contributed by atoms with van der Waals surface area (Å²) in [5.41, 5.74) is 13.0. The van der Waals surface area contributed by atoms with Crippen molar-refractivity contribution in [1.29, 1.82) is 0 Å². The number of hydrogen-bond donors (Lipinski definition) is 2. The number of carbonyl (C=O) groups excluding carboxylic acids is 2. The fourth-order valence-corrected chi connectivity index (χ4v) is 2.37. The molecular weight excluding hydrogens is 332 g/mol. The number of esters is 2. The van der Waals surface area contributed by atoms with Gasteiger partial charge in [-0.05, 0) is 43.0 Å². The molecule has 0 spiro atoms. The molecule has 0 atom stereocenters. The van der Waals surface area contributed by atoms with Gasteiger partial charge in [0.2, 0.25) is 0 Å². The van der Waals surface area contributed by atoms with Crippen molar-refractivity contribution in [3.8, 4) is 0 Å². The Morgan fingerprint density at radius 1 is 0.808 bits per heavy atom. The van der Waals surface area contributed by atoms with E-state index in [0.29, 0.717) is 35.3 Å². The molecule has 0 fully saturated rings. The molecule has 26 heavy (non-hydrogen) atoms. The van der Waals surface area contributed by atoms with Crippen LogP contribution in [0.2, 0.25) is 0 Å². The molecule has 138 valence electrons. The summed E-state index contributed by atoms with van der Waals surface area (Å²) in [6.07, 6.45) is 1.34. The fourth-order valence-electron chi connectivity index (χ4n) is 2.37. The predicted molar refractivity (Wildman–Crippen MR) is 101 cm³/mol. The van der Waals surface area contributed by atoms with E-state index in [-0.39, 0.29) is 19.1 Å². The van der Waals surface area contributed by atoms with Crippen LogP contribution in [0, 0.1) is 5.92 Å². The SMILES string of the molecule is CC(CCOC(=O)c1ccccc1N)CCOC(=O)c1ccccc1N. The van der Waals surface area contributed by atoms with Crippen molar-refractivity contribution in [2.24, 2.45) is 5.92 Å². The molecule has 0 bridgehead atoms. The Morgan fingerprint density at radius 2 is 1.19 bits per heavy atom. The topological polar surface area (TPSA) is 105 Å². The number of para-hydroxylation sites is 2. The highest BCUT2D eigenvalue weighted by Crippen LogP contribution is 2.15. The molecule has 0 amide bonds. The summed E-state index contributed by atoms with van der Waals surface area (Å²) < 4.78 is 10.5. The van der Waals surface area contributed by atoms with Crippen LogP contribution in [0.25, 0.3) is 0 Å². The number of benzene rings is 2. The van der Waals surface area contributed by atoms with E-state index >= 15 is 0 Å². The summed E-state index contributed by atoms with van der Waals surface area (Å²) in [5.74, 6) is -0.626. The Bertz CT molecular complexity index is 697. The van der Waals surface area contributed by atoms with Crippen molar-refractivity contribution in [3.05, 3.63) is 59.7 Å². The minimum absolute atomic E-state index is 0.233. The summed E-state index contributed by atoms with van der Waals surface area (Å²) in [7, 11) is 0. The first kappa shape index (κ1) is 19.3. The van der Waals surface area contributed by atoms with Gasteiger partial charge in [0.25, 0.3) is 0 Å². The van der Waals surface area contributed by atoms with E-state index in [1.54, 1.807) is 48.5 Å². The normalized spacial score (nSPS) is 10.5. The van der Waals surface area contributed by atoms with Crippen LogP contribution in [0.1, 0.15) is 40.5 Å². The van der Waals surface area contributed by atoms with Gasteiger partial charge in [-0.25, -0.2) is 9.59 Å². The van der Waals surface area contributed by atoms with E-state index < -0.39 is 11.9 Å². The van der Waals surface area contributed by atoms with Gasteiger partial charge in [-0.3, -0.25) is 0 Å². The maximum absolute atomic E-state index is 12.0. The van der Waals surface area contributed by atoms with Crippen LogP contribution in [-0.2, 0) is 9.47 Å². The van der Waals surface area contributed by atoms with Crippen LogP contribution in [0.15, 0.2) is 48.5 Å². The Morgan fingerprint density at radius 3 is 1.58 bits per heavy atom. The zero-order valence-corrected chi connectivity index (χ0v) is 14.8. The fraction of sp³-hybridized carbons (Fsp3) is 0.300. The molecule has 6 nitrogen and oxygen atoms in total. The number of anilines is 2. The van der Waals surface area contributed by atoms with E-state index in [9.17, 15) is 9.59 Å². The third kappa shape index (κ3) is 5.51. The molecule has 0 radical (unpaired) electrons. The van der Waals surface area contributed by atoms with Gasteiger partial charge < -0.3 is 20.9 Å². The van der Waals surface area contributed by atoms with Crippen LogP contribution < -0.4 is 11.5 Å². The van der Waals surface area contributed by atoms with Crippen molar-refractivity contribution in [1.82, 2.24) is 0 Å². The number of nitrogen functional groups attached to an aromatic ring is 2. The molecule has 2 aromatic carbocycles. The zero-order chi connectivity index (χ0) is 18.9. The maximum atomic E-state index is 12.0. The van der Waals surface area contributed by atoms with Gasteiger partial charge in [-0.15, -0.1) is 0 Å². The number of ether oxygens (including phenoxy) is 2. The van der Waals surface area contributed by atoms with Crippen molar-refractivity contribution >= 4 is 23.3 Å². The highest BCUT2D eigenvalue weighted by Gasteiger charge is 2.13. The number of hydrogen-bond acceptors (Lipinski definition) is 6. The van der Waals surface area contributed by atoms with Gasteiger partial charge in [0.15, 0.2) is 0 Å². The van der Waals surface area contributed by atoms with Gasteiger partial charge in [0.05, 0.1) is 24.3 Å². The highest BCUT2D eigenvalue weighted by molar-refractivity contribution is 5.95. The summed E-state index contributed by atoms with van der Waals surface area (Å²) in [4.78, 5) is 23.9. The molecule has 0 unspecified atom stereocenters. The Labute approximate surface area is 153 Å². The third-order valence-electron chi connectivity index (χ3n) is 4.05. The smallest absolute Gasteiger partial charge is 0.340 e. The van der Waals surface area contributed by atoms with Gasteiger partial charge >= 0.3 is 11.9 Å². The minimum atomic E-state index is -0.429. The standard InChI is InChI=1S/C20H24N2O4/c1-14(10-12-25-19(23)15-6-2-4-8-17(15)21)11-13-26-20(24)16-7-3-5-9-18(16)22/h2-9,14H,10-13,21-22H2,1H3. The molecule has 0 heterocycles. The molecule has 2 aromatic rings. The summed E-state index contributed by atoms with van der Waals surface area (Å²) >= 11 is 0. The van der Waals surface area contributed by atoms with Crippen LogP contribution in [0.5, 0.6) is 0 Å². The number of carbonyl (C=O) groups is 2. The van der Waals surface area contributed by atoms with Crippen molar-refractivity contribution < 1.29 is 19.1 Å². The number of rotatable bonds is 8. The average molecular weight is 356 g/mol. The summed E-state index contributed by atoms with van der Waals surface area (Å²) in [5, 5.41) is 0. The second-order valence-corrected chi connectivity index (χ2v) is 6.13. The largest absolute Gasteiger partial charge is 0.462 e. The molecule has 6 heteroatoms. The van der Waals surface area contributed by atoms with Crippen molar-refractivity contribution in [2.75, 3.05) is 24.7 Å². The lowest BCUT2D eigenvalue weighted by Crippen LogP contribution is -2.13. The number of nitrogens with two attached hydrogens (primary N) is 2. The molecule has 0 aliphatic carbocycles. The van der Waals surface area contributed by atoms with Crippen LogP contribution in [0.3, 0.4) is 0 Å². The molecule has 0 aliphatic heterocycles. The summed E-state index contributed by atoms with van der Waals surface area (Å²) in [6.45, 7) is 2.58. The van der Waals surface area contributed by atoms with E-state index in [1.807, 2.05) is 6.92 Å². The lowest BCUT2D eigenvalue weighted by atomic mass is 10.1. The molecular formula is C20H24N2O4. The Hall–Kier alpha value is -3.02. The van der Waals surface area contributed by atoms with Gasteiger partial charge in [-0.1, -0.05) is 31.2 Å². The Kier molecular flexibility index (Phi) is 7.02. The van der Waals surface area contributed by atoms with E-state index in [4.69, 9.17) is 20.9 Å². The zero-order valence-electron chi connectivity index (χ0n) is 14.8. The molecule has 0 saturated carbocycles. The van der Waals surface area contributed by atoms with Gasteiger partial charge in [-0.2, -0.15) is 0 Å². The van der Waals surface area contributed by atoms with Crippen molar-refractivity contribution in [3.63, 3.8) is 0 Å². The molecule has 2 rings (SSSR count). The lowest BCUT2D eigenvalue weighted by molar-refractivity contribution is 0.0451. The van der Waals surface area contributed by atoms with E-state index in [1.165, 1.54) is 0 Å². The van der Waals surface area contributed by atoms with E-state index in [0.717, 1.165) is 0 Å². The van der Waals surface area contributed by atoms with Crippen LogP contribution >= 0.6 is 0 Å². The first-order valence-electron chi connectivity index (χ1n) is 8.52. The van der Waals surface area contributed by atoms with Gasteiger partial charge in [0, 0.05) is 11.4 Å². The van der Waals surface area contributed by atoms with Gasteiger partial charge in [0.1, 0.15) is 0 Å². The average Bonchev–Trinajstić information content (AvgIpc) is 2.62. The first-order chi connectivity index (χ1) is 12.5. The second kappa shape index (κ2) is 9.46. The first-order valence-corrected chi connectivity index (χ1v) is 8.52. The molecule has 0 aromatic heterocycles.